The first-order chi connectivity index (χ1) is 11.1. The maximum atomic E-state index is 12.6. The first-order valence-corrected chi connectivity index (χ1v) is 7.44. The molecule has 0 radical (unpaired) electrons. The van der Waals surface area contributed by atoms with Crippen LogP contribution in [0.5, 0.6) is 11.5 Å². The smallest absolute Gasteiger partial charge is 0.387 e. The monoisotopic (exact) mass is 459 g/mol. The molecule has 9 heteroatoms. The fourth-order valence-electron chi connectivity index (χ4n) is 1.86. The van der Waals surface area contributed by atoms with Crippen molar-refractivity contribution in [3.05, 3.63) is 23.8 Å². The van der Waals surface area contributed by atoms with Crippen LogP contribution in [0.1, 0.15) is 19.4 Å². The number of ether oxygens (including phenoxy) is 2. The van der Waals surface area contributed by atoms with Crippen molar-refractivity contribution in [3.63, 3.8) is 0 Å². The predicted octanol–water partition coefficient (Wildman–Crippen LogP) is 2.35. The van der Waals surface area contributed by atoms with Gasteiger partial charge in [-0.1, -0.05) is 12.1 Å². The van der Waals surface area contributed by atoms with E-state index < -0.39 is 6.61 Å². The molecule has 0 fully saturated rings. The quantitative estimate of drug-likeness (QED) is 0.301. The number of hydrogen-bond donors (Lipinski definition) is 3. The number of nitrogens with zero attached hydrogens (tertiary/aromatic N) is 1. The first-order valence-electron chi connectivity index (χ1n) is 7.44. The molecule has 0 spiro atoms. The van der Waals surface area contributed by atoms with Gasteiger partial charge in [-0.15, -0.1) is 24.0 Å². The summed E-state index contributed by atoms with van der Waals surface area (Å²) in [6.07, 6.45) is 0. The number of aliphatic imine (C=N–C) groups is 1. The van der Waals surface area contributed by atoms with Crippen LogP contribution in [0.25, 0.3) is 0 Å². The highest BCUT2D eigenvalue weighted by Crippen LogP contribution is 2.33. The summed E-state index contributed by atoms with van der Waals surface area (Å²) >= 11 is 0. The van der Waals surface area contributed by atoms with E-state index in [4.69, 9.17) is 9.84 Å². The molecule has 1 rings (SSSR count). The Hall–Kier alpha value is -1.36. The Labute approximate surface area is 157 Å². The second-order valence-electron chi connectivity index (χ2n) is 4.40. The molecule has 0 aliphatic carbocycles. The molecule has 0 atom stereocenters. The van der Waals surface area contributed by atoms with Crippen LogP contribution in [0.15, 0.2) is 23.2 Å². The summed E-state index contributed by atoms with van der Waals surface area (Å²) in [5, 5.41) is 14.7. The summed E-state index contributed by atoms with van der Waals surface area (Å²) < 4.78 is 35.2. The molecule has 0 aliphatic rings. The van der Waals surface area contributed by atoms with Gasteiger partial charge in [0.05, 0.1) is 19.8 Å². The number of alkyl halides is 2. The number of hydrogen-bond acceptors (Lipinski definition) is 4. The minimum atomic E-state index is -2.94. The van der Waals surface area contributed by atoms with Gasteiger partial charge in [0.25, 0.3) is 0 Å². The van der Waals surface area contributed by atoms with Crippen LogP contribution >= 0.6 is 24.0 Å². The highest BCUT2D eigenvalue weighted by molar-refractivity contribution is 14.0. The molecule has 0 saturated heterocycles. The second-order valence-corrected chi connectivity index (χ2v) is 4.40. The number of benzene rings is 1. The molecule has 0 heterocycles. The molecule has 24 heavy (non-hydrogen) atoms. The predicted molar refractivity (Wildman–Crippen MR) is 99.6 cm³/mol. The Morgan fingerprint density at radius 2 is 2.04 bits per heavy atom. The SMILES string of the molecule is CCNC(=NCc1cccc(OCC)c1OC(F)F)NCCO.I. The normalized spacial score (nSPS) is 11.0. The summed E-state index contributed by atoms with van der Waals surface area (Å²) in [6, 6.07) is 4.92. The number of nitrogens with one attached hydrogen (secondary N) is 2. The summed E-state index contributed by atoms with van der Waals surface area (Å²) in [5.74, 6) is 0.728. The Bertz CT molecular complexity index is 505. The lowest BCUT2D eigenvalue weighted by Gasteiger charge is -2.15. The zero-order chi connectivity index (χ0) is 17.1. The molecule has 0 saturated carbocycles. The van der Waals surface area contributed by atoms with Crippen LogP contribution in [0.4, 0.5) is 8.78 Å². The molecule has 138 valence electrons. The number of aliphatic hydroxyl groups excluding tert-OH is 1. The van der Waals surface area contributed by atoms with Gasteiger partial charge in [0.15, 0.2) is 17.5 Å². The van der Waals surface area contributed by atoms with Gasteiger partial charge in [-0.2, -0.15) is 8.78 Å². The van der Waals surface area contributed by atoms with Crippen molar-refractivity contribution in [3.8, 4) is 11.5 Å². The molecule has 0 amide bonds. The zero-order valence-corrected chi connectivity index (χ0v) is 16.1. The average Bonchev–Trinajstić information content (AvgIpc) is 2.52. The van der Waals surface area contributed by atoms with Crippen molar-refractivity contribution in [2.45, 2.75) is 27.0 Å². The average molecular weight is 459 g/mol. The summed E-state index contributed by atoms with van der Waals surface area (Å²) in [6.45, 7) is 2.12. The summed E-state index contributed by atoms with van der Waals surface area (Å²) in [4.78, 5) is 4.29. The number of para-hydroxylation sites is 1. The van der Waals surface area contributed by atoms with Crippen molar-refractivity contribution in [1.29, 1.82) is 0 Å². The largest absolute Gasteiger partial charge is 0.490 e. The van der Waals surface area contributed by atoms with E-state index in [0.717, 1.165) is 0 Å². The van der Waals surface area contributed by atoms with E-state index in [2.05, 4.69) is 20.4 Å². The van der Waals surface area contributed by atoms with Crippen LogP contribution < -0.4 is 20.1 Å². The van der Waals surface area contributed by atoms with E-state index in [1.165, 1.54) is 0 Å². The minimum absolute atomic E-state index is 0. The lowest BCUT2D eigenvalue weighted by molar-refractivity contribution is -0.0520. The number of halogens is 3. The lowest BCUT2D eigenvalue weighted by Crippen LogP contribution is -2.38. The fraction of sp³-hybridized carbons (Fsp3) is 0.533. The number of aliphatic hydroxyl groups is 1. The van der Waals surface area contributed by atoms with Crippen molar-refractivity contribution in [1.82, 2.24) is 10.6 Å². The Balaban J connectivity index is 0.00000529. The van der Waals surface area contributed by atoms with Crippen LogP contribution in [0.3, 0.4) is 0 Å². The van der Waals surface area contributed by atoms with E-state index in [0.29, 0.717) is 31.2 Å². The Morgan fingerprint density at radius 3 is 2.62 bits per heavy atom. The van der Waals surface area contributed by atoms with Gasteiger partial charge < -0.3 is 25.2 Å². The molecule has 1 aromatic carbocycles. The third kappa shape index (κ3) is 7.95. The van der Waals surface area contributed by atoms with Gasteiger partial charge in [0.2, 0.25) is 0 Å². The topological polar surface area (TPSA) is 75.1 Å². The van der Waals surface area contributed by atoms with E-state index in [9.17, 15) is 8.78 Å². The van der Waals surface area contributed by atoms with E-state index in [1.807, 2.05) is 6.92 Å². The molecule has 1 aromatic rings. The molecule has 3 N–H and O–H groups in total. The van der Waals surface area contributed by atoms with Crippen molar-refractivity contribution < 1.29 is 23.4 Å². The second kappa shape index (κ2) is 13.0. The molecule has 0 unspecified atom stereocenters. The third-order valence-corrected chi connectivity index (χ3v) is 2.72. The highest BCUT2D eigenvalue weighted by atomic mass is 127. The van der Waals surface area contributed by atoms with E-state index in [1.54, 1.807) is 25.1 Å². The van der Waals surface area contributed by atoms with Crippen LogP contribution in [-0.4, -0.2) is 44.0 Å². The fourth-order valence-corrected chi connectivity index (χ4v) is 1.86. The molecule has 0 aliphatic heterocycles. The van der Waals surface area contributed by atoms with Crippen molar-refractivity contribution in [2.24, 2.45) is 4.99 Å². The molecular weight excluding hydrogens is 435 g/mol. The number of rotatable bonds is 9. The van der Waals surface area contributed by atoms with Gasteiger partial charge in [-0.25, -0.2) is 4.99 Å². The third-order valence-electron chi connectivity index (χ3n) is 2.72. The van der Waals surface area contributed by atoms with Gasteiger partial charge in [-0.3, -0.25) is 0 Å². The van der Waals surface area contributed by atoms with Crippen LogP contribution in [0.2, 0.25) is 0 Å². The molecule has 0 aromatic heterocycles. The van der Waals surface area contributed by atoms with Gasteiger partial charge in [-0.05, 0) is 19.9 Å². The maximum Gasteiger partial charge on any atom is 0.387 e. The van der Waals surface area contributed by atoms with Gasteiger partial charge in [0, 0.05) is 18.7 Å². The highest BCUT2D eigenvalue weighted by Gasteiger charge is 2.15. The Morgan fingerprint density at radius 1 is 1.29 bits per heavy atom. The van der Waals surface area contributed by atoms with Gasteiger partial charge in [0.1, 0.15) is 0 Å². The standard InChI is InChI=1S/C15H23F2N3O3.HI/c1-3-18-15(19-8-9-21)20-10-11-6-5-7-12(22-4-2)13(11)23-14(16)17;/h5-7,14,21H,3-4,8-10H2,1-2H3,(H2,18,19,20);1H. The van der Waals surface area contributed by atoms with Crippen LogP contribution in [0, 0.1) is 0 Å². The molecular formula is C15H24F2IN3O3. The maximum absolute atomic E-state index is 12.6. The minimum Gasteiger partial charge on any atom is -0.490 e. The zero-order valence-electron chi connectivity index (χ0n) is 13.7. The summed E-state index contributed by atoms with van der Waals surface area (Å²) in [7, 11) is 0. The molecule has 0 bridgehead atoms. The van der Waals surface area contributed by atoms with Crippen LogP contribution in [-0.2, 0) is 6.54 Å². The molecule has 6 nitrogen and oxygen atoms in total. The van der Waals surface area contributed by atoms with Gasteiger partial charge >= 0.3 is 6.61 Å². The first kappa shape index (κ1) is 22.6. The summed E-state index contributed by atoms with van der Waals surface area (Å²) in [5.41, 5.74) is 0.484. The number of guanidine groups is 1. The van der Waals surface area contributed by atoms with Crippen molar-refractivity contribution in [2.75, 3.05) is 26.3 Å². The Kier molecular flexibility index (Phi) is 12.3. The van der Waals surface area contributed by atoms with E-state index in [-0.39, 0.29) is 48.6 Å². The van der Waals surface area contributed by atoms with E-state index >= 15 is 0 Å². The van der Waals surface area contributed by atoms with Crippen molar-refractivity contribution >= 4 is 29.9 Å². The lowest BCUT2D eigenvalue weighted by atomic mass is 10.2.